The summed E-state index contributed by atoms with van der Waals surface area (Å²) in [4.78, 5) is 31.0. The maximum Gasteiger partial charge on any atom is 0.261 e. The molecule has 1 spiro atoms. The highest BCUT2D eigenvalue weighted by atomic mass is 33.1. The number of amides is 2. The van der Waals surface area contributed by atoms with E-state index in [1.807, 2.05) is 18.2 Å². The van der Waals surface area contributed by atoms with Crippen molar-refractivity contribution < 1.29 is 23.8 Å². The number of likely N-dealkylation sites (N-methyl/N-ethyl adjacent to an activating group) is 1. The Morgan fingerprint density at radius 2 is 1.91 bits per heavy atom. The highest BCUT2D eigenvalue weighted by Gasteiger charge is 2.75. The van der Waals surface area contributed by atoms with Gasteiger partial charge in [0, 0.05) is 33.1 Å². The van der Waals surface area contributed by atoms with Gasteiger partial charge in [-0.3, -0.25) is 14.5 Å². The van der Waals surface area contributed by atoms with Crippen molar-refractivity contribution in [2.45, 2.75) is 29.1 Å². The first-order valence-corrected chi connectivity index (χ1v) is 13.1. The Morgan fingerprint density at radius 1 is 1.15 bits per heavy atom. The summed E-state index contributed by atoms with van der Waals surface area (Å²) in [6, 6.07) is 7.60. The summed E-state index contributed by atoms with van der Waals surface area (Å²) < 4.78 is 16.6. The normalized spacial score (nSPS) is 37.4. The second kappa shape index (κ2) is 7.18. The molecule has 4 atom stereocenters. The molecule has 0 saturated carbocycles. The maximum atomic E-state index is 14.0. The second-order valence-corrected chi connectivity index (χ2v) is 12.1. The first kappa shape index (κ1) is 21.4. The van der Waals surface area contributed by atoms with Crippen molar-refractivity contribution in [1.29, 1.82) is 5.26 Å². The summed E-state index contributed by atoms with van der Waals surface area (Å²) in [6.07, 6.45) is 0.273. The molecule has 6 aliphatic heterocycles. The van der Waals surface area contributed by atoms with E-state index in [2.05, 4.69) is 11.0 Å². The number of nitriles is 1. The van der Waals surface area contributed by atoms with Gasteiger partial charge in [-0.25, -0.2) is 0 Å². The van der Waals surface area contributed by atoms with Crippen LogP contribution in [0.3, 0.4) is 0 Å². The van der Waals surface area contributed by atoms with Gasteiger partial charge >= 0.3 is 0 Å². The van der Waals surface area contributed by atoms with Crippen LogP contribution in [0, 0.1) is 16.7 Å². The smallest absolute Gasteiger partial charge is 0.261 e. The SMILES string of the molecule is CN1C(=O)[C@@]23CC(C#N)(CN4CCOCC4)C(c4ccc5c(c4)OCO5)N2C(=O)C1(C)SS3. The maximum absolute atomic E-state index is 14.0. The van der Waals surface area contributed by atoms with Crippen molar-refractivity contribution in [2.24, 2.45) is 5.41 Å². The average molecular weight is 489 g/mol. The largest absolute Gasteiger partial charge is 0.454 e. The summed E-state index contributed by atoms with van der Waals surface area (Å²) >= 11 is 0. The van der Waals surface area contributed by atoms with Gasteiger partial charge in [0.15, 0.2) is 21.2 Å². The van der Waals surface area contributed by atoms with Crippen LogP contribution in [0.4, 0.5) is 0 Å². The van der Waals surface area contributed by atoms with Gasteiger partial charge in [-0.1, -0.05) is 27.7 Å². The third-order valence-electron chi connectivity index (χ3n) is 7.51. The quantitative estimate of drug-likeness (QED) is 0.590. The van der Waals surface area contributed by atoms with Crippen LogP contribution in [-0.4, -0.2) is 82.9 Å². The zero-order valence-corrected chi connectivity index (χ0v) is 20.0. The Labute approximate surface area is 199 Å². The number of morpholine rings is 1. The number of carbonyl (C=O) groups excluding carboxylic acids is 2. The summed E-state index contributed by atoms with van der Waals surface area (Å²) in [5, 5.41) is 10.7. The van der Waals surface area contributed by atoms with Crippen LogP contribution in [0.25, 0.3) is 0 Å². The van der Waals surface area contributed by atoms with Gasteiger partial charge < -0.3 is 24.0 Å². The van der Waals surface area contributed by atoms with Gasteiger partial charge in [0.1, 0.15) is 0 Å². The predicted molar refractivity (Wildman–Crippen MR) is 121 cm³/mol. The minimum Gasteiger partial charge on any atom is -0.454 e. The number of carbonyl (C=O) groups is 2. The molecule has 6 heterocycles. The van der Waals surface area contributed by atoms with Gasteiger partial charge in [0.25, 0.3) is 11.8 Å². The monoisotopic (exact) mass is 488 g/mol. The Bertz CT molecular complexity index is 1090. The molecule has 3 unspecified atom stereocenters. The van der Waals surface area contributed by atoms with Crippen LogP contribution >= 0.6 is 21.6 Å². The standard InChI is InChI=1S/C22H24N4O5S2/c1-20-18(27)26-17(14-3-4-15-16(9-14)31-13-30-15)21(11-23,12-25-5-7-29-8-6-25)10-22(26,33-32-20)19(28)24(20)2/h3-4,9,17H,5-8,10,12-13H2,1-2H3/t17?,20?,21?,22-/m0/s1. The summed E-state index contributed by atoms with van der Waals surface area (Å²) in [6.45, 7) is 5.02. The fourth-order valence-electron chi connectivity index (χ4n) is 5.68. The van der Waals surface area contributed by atoms with Crippen molar-refractivity contribution >= 4 is 33.4 Å². The number of piperazine rings is 1. The van der Waals surface area contributed by atoms with Crippen molar-refractivity contribution in [1.82, 2.24) is 14.7 Å². The third-order valence-corrected chi connectivity index (χ3v) is 11.2. The van der Waals surface area contributed by atoms with E-state index < -0.39 is 21.2 Å². The van der Waals surface area contributed by atoms with Crippen molar-refractivity contribution in [3.8, 4) is 17.6 Å². The highest BCUT2D eigenvalue weighted by Crippen LogP contribution is 2.69. The molecule has 9 nitrogen and oxygen atoms in total. The lowest BCUT2D eigenvalue weighted by atomic mass is 9.76. The Kier molecular flexibility index (Phi) is 4.66. The van der Waals surface area contributed by atoms with Gasteiger partial charge in [-0.15, -0.1) is 0 Å². The van der Waals surface area contributed by atoms with Crippen molar-refractivity contribution in [2.75, 3.05) is 46.7 Å². The molecule has 7 rings (SSSR count). The lowest BCUT2D eigenvalue weighted by Crippen LogP contribution is -2.73. The van der Waals surface area contributed by atoms with E-state index in [1.165, 1.54) is 21.6 Å². The molecule has 5 fully saturated rings. The molecule has 6 aliphatic rings. The van der Waals surface area contributed by atoms with E-state index in [0.717, 1.165) is 5.56 Å². The Morgan fingerprint density at radius 3 is 2.67 bits per heavy atom. The molecular formula is C22H24N4O5S2. The first-order chi connectivity index (χ1) is 15.8. The predicted octanol–water partition coefficient (Wildman–Crippen LogP) is 1.81. The fraction of sp³-hybridized carbons (Fsp3) is 0.591. The van der Waals surface area contributed by atoms with Crippen LogP contribution in [0.5, 0.6) is 11.5 Å². The minimum atomic E-state index is -1.11. The van der Waals surface area contributed by atoms with Crippen LogP contribution in [-0.2, 0) is 14.3 Å². The van der Waals surface area contributed by atoms with Gasteiger partial charge in [-0.05, 0) is 24.6 Å². The topological polar surface area (TPSA) is 95.3 Å². The average Bonchev–Trinajstić information content (AvgIpc) is 3.41. The summed E-state index contributed by atoms with van der Waals surface area (Å²) in [5.74, 6) is 0.993. The molecule has 11 heteroatoms. The zero-order valence-electron chi connectivity index (χ0n) is 18.4. The fourth-order valence-corrected chi connectivity index (χ4v) is 9.22. The lowest BCUT2D eigenvalue weighted by Gasteiger charge is -2.57. The molecule has 174 valence electrons. The lowest BCUT2D eigenvalue weighted by molar-refractivity contribution is -0.164. The molecule has 5 saturated heterocycles. The number of nitrogens with zero attached hydrogens (tertiary/aromatic N) is 4. The number of benzene rings is 1. The van der Waals surface area contributed by atoms with Crippen LogP contribution < -0.4 is 9.47 Å². The molecule has 0 radical (unpaired) electrons. The molecule has 2 bridgehead atoms. The molecule has 33 heavy (non-hydrogen) atoms. The van der Waals surface area contributed by atoms with Gasteiger partial charge in [0.05, 0.1) is 30.7 Å². The molecule has 1 aromatic carbocycles. The second-order valence-electron chi connectivity index (χ2n) is 9.32. The van der Waals surface area contributed by atoms with E-state index >= 15 is 0 Å². The van der Waals surface area contributed by atoms with E-state index in [4.69, 9.17) is 14.2 Å². The van der Waals surface area contributed by atoms with Gasteiger partial charge in [-0.2, -0.15) is 5.26 Å². The number of hydrogen-bond acceptors (Lipinski definition) is 9. The van der Waals surface area contributed by atoms with Crippen LogP contribution in [0.1, 0.15) is 24.9 Å². The molecule has 0 aliphatic carbocycles. The van der Waals surface area contributed by atoms with Gasteiger partial charge in [0.2, 0.25) is 6.79 Å². The molecular weight excluding hydrogens is 464 g/mol. The van der Waals surface area contributed by atoms with E-state index in [1.54, 1.807) is 23.8 Å². The number of fused-ring (bicyclic) bond motifs is 3. The molecule has 2 amide bonds. The molecule has 1 aromatic rings. The van der Waals surface area contributed by atoms with E-state index in [9.17, 15) is 14.9 Å². The summed E-state index contributed by atoms with van der Waals surface area (Å²) in [7, 11) is 4.54. The number of rotatable bonds is 3. The Balaban J connectivity index is 1.52. The van der Waals surface area contributed by atoms with E-state index in [0.29, 0.717) is 44.3 Å². The number of ether oxygens (including phenoxy) is 3. The summed E-state index contributed by atoms with van der Waals surface area (Å²) in [5.41, 5.74) is -0.183. The van der Waals surface area contributed by atoms with Crippen LogP contribution in [0.2, 0.25) is 0 Å². The number of hydrogen-bond donors (Lipinski definition) is 0. The third kappa shape index (κ3) is 2.75. The first-order valence-electron chi connectivity index (χ1n) is 10.9. The van der Waals surface area contributed by atoms with Crippen molar-refractivity contribution in [3.63, 3.8) is 0 Å². The van der Waals surface area contributed by atoms with Crippen LogP contribution in [0.15, 0.2) is 18.2 Å². The minimum absolute atomic E-state index is 0.113. The Hall–Kier alpha value is -2.13. The molecule has 0 N–H and O–H groups in total. The highest BCUT2D eigenvalue weighted by molar-refractivity contribution is 8.78. The van der Waals surface area contributed by atoms with E-state index in [-0.39, 0.29) is 25.0 Å². The zero-order chi connectivity index (χ0) is 23.0. The van der Waals surface area contributed by atoms with Crippen molar-refractivity contribution in [3.05, 3.63) is 23.8 Å². The molecule has 0 aromatic heterocycles.